The Morgan fingerprint density at radius 3 is 2.11 bits per heavy atom. The molecule has 1 aliphatic carbocycles. The molecule has 3 rings (SSSR count). The molecule has 4 heteroatoms. The topological polar surface area (TPSA) is 18.5 Å². The third-order valence-corrected chi connectivity index (χ3v) is 5.22. The lowest BCUT2D eigenvalue weighted by Crippen LogP contribution is -2.51. The first-order valence-corrected chi connectivity index (χ1v) is 8.09. The third kappa shape index (κ3) is 4.32. The first kappa shape index (κ1) is 15.6. The van der Waals surface area contributed by atoms with E-state index >= 15 is 0 Å². The van der Waals surface area contributed by atoms with Gasteiger partial charge in [0.25, 0.3) is 0 Å². The van der Waals surface area contributed by atoms with Crippen LogP contribution in [-0.2, 0) is 0 Å². The summed E-state index contributed by atoms with van der Waals surface area (Å²) in [5.41, 5.74) is 0. The Morgan fingerprint density at radius 2 is 1.47 bits per heavy atom. The largest absolute Gasteiger partial charge is 0.317 e. The van der Waals surface area contributed by atoms with E-state index in [0.717, 1.165) is 12.0 Å². The number of nitrogens with one attached hydrogen (secondary N) is 1. The van der Waals surface area contributed by atoms with E-state index in [-0.39, 0.29) is 12.4 Å². The number of nitrogens with zero attached hydrogens (tertiary/aromatic N) is 2. The molecule has 3 nitrogen and oxygen atoms in total. The number of hydrogen-bond donors (Lipinski definition) is 1. The molecule has 0 spiro atoms. The second-order valence-corrected chi connectivity index (χ2v) is 6.47. The molecule has 2 saturated heterocycles. The van der Waals surface area contributed by atoms with Gasteiger partial charge in [-0.2, -0.15) is 0 Å². The highest BCUT2D eigenvalue weighted by Crippen LogP contribution is 2.24. The summed E-state index contributed by atoms with van der Waals surface area (Å²) in [5.74, 6) is 0.962. The Morgan fingerprint density at radius 1 is 0.842 bits per heavy atom. The van der Waals surface area contributed by atoms with Gasteiger partial charge in [-0.05, 0) is 44.7 Å². The van der Waals surface area contributed by atoms with Gasteiger partial charge >= 0.3 is 0 Å². The van der Waals surface area contributed by atoms with Crippen LogP contribution in [0.4, 0.5) is 0 Å². The molecule has 3 fully saturated rings. The Hall–Kier alpha value is 0.170. The molecule has 1 saturated carbocycles. The highest BCUT2D eigenvalue weighted by molar-refractivity contribution is 5.85. The Labute approximate surface area is 124 Å². The minimum absolute atomic E-state index is 0. The SMILES string of the molecule is C1CCC(N2CCN(CC3CCNCC3)CC2)C1.Cl. The van der Waals surface area contributed by atoms with Crippen LogP contribution in [0, 0.1) is 5.92 Å². The minimum atomic E-state index is 0. The molecular formula is C15H30ClN3. The van der Waals surface area contributed by atoms with Crippen molar-refractivity contribution < 1.29 is 0 Å². The van der Waals surface area contributed by atoms with Crippen LogP contribution in [0.25, 0.3) is 0 Å². The van der Waals surface area contributed by atoms with E-state index in [1.807, 2.05) is 0 Å². The van der Waals surface area contributed by atoms with Gasteiger partial charge in [0.05, 0.1) is 0 Å². The predicted molar refractivity (Wildman–Crippen MR) is 83.1 cm³/mol. The van der Waals surface area contributed by atoms with Gasteiger partial charge in [-0.1, -0.05) is 12.8 Å². The van der Waals surface area contributed by atoms with E-state index in [4.69, 9.17) is 0 Å². The molecule has 3 aliphatic rings. The fraction of sp³-hybridized carbons (Fsp3) is 1.00. The molecule has 0 amide bonds. The van der Waals surface area contributed by atoms with Crippen LogP contribution in [-0.4, -0.2) is 61.7 Å². The van der Waals surface area contributed by atoms with Crippen LogP contribution in [0.15, 0.2) is 0 Å². The summed E-state index contributed by atoms with van der Waals surface area (Å²) in [6, 6.07) is 0.936. The summed E-state index contributed by atoms with van der Waals surface area (Å²) in [6.07, 6.45) is 8.66. The Kier molecular flexibility index (Phi) is 6.40. The van der Waals surface area contributed by atoms with E-state index in [0.29, 0.717) is 0 Å². The second-order valence-electron chi connectivity index (χ2n) is 6.47. The maximum Gasteiger partial charge on any atom is 0.0113 e. The van der Waals surface area contributed by atoms with Gasteiger partial charge in [0.15, 0.2) is 0 Å². The van der Waals surface area contributed by atoms with E-state index in [9.17, 15) is 0 Å². The van der Waals surface area contributed by atoms with Gasteiger partial charge in [-0.15, -0.1) is 12.4 Å². The van der Waals surface area contributed by atoms with Crippen LogP contribution in [0.1, 0.15) is 38.5 Å². The minimum Gasteiger partial charge on any atom is -0.317 e. The zero-order valence-electron chi connectivity index (χ0n) is 12.1. The summed E-state index contributed by atoms with van der Waals surface area (Å²) in [5, 5.41) is 3.47. The maximum atomic E-state index is 3.47. The van der Waals surface area contributed by atoms with Crippen molar-refractivity contribution in [2.45, 2.75) is 44.6 Å². The first-order valence-electron chi connectivity index (χ1n) is 8.09. The molecule has 112 valence electrons. The summed E-state index contributed by atoms with van der Waals surface area (Å²) < 4.78 is 0. The molecule has 2 heterocycles. The lowest BCUT2D eigenvalue weighted by atomic mass is 9.97. The van der Waals surface area contributed by atoms with Crippen LogP contribution in [0.5, 0.6) is 0 Å². The summed E-state index contributed by atoms with van der Waals surface area (Å²) in [7, 11) is 0. The normalized spacial score (nSPS) is 28.4. The third-order valence-electron chi connectivity index (χ3n) is 5.22. The maximum absolute atomic E-state index is 3.47. The van der Waals surface area contributed by atoms with Gasteiger partial charge in [-0.25, -0.2) is 0 Å². The Bertz CT molecular complexity index is 242. The molecule has 0 unspecified atom stereocenters. The van der Waals surface area contributed by atoms with Gasteiger partial charge < -0.3 is 10.2 Å². The molecule has 1 N–H and O–H groups in total. The quantitative estimate of drug-likeness (QED) is 0.856. The standard InChI is InChI=1S/C15H29N3.ClH/c1-2-4-15(3-1)18-11-9-17(10-12-18)13-14-5-7-16-8-6-14;/h14-16H,1-13H2;1H. The molecule has 0 aromatic heterocycles. The van der Waals surface area contributed by atoms with Gasteiger partial charge in [-0.3, -0.25) is 4.90 Å². The zero-order valence-corrected chi connectivity index (χ0v) is 13.0. The number of rotatable bonds is 3. The molecule has 0 bridgehead atoms. The highest BCUT2D eigenvalue weighted by atomic mass is 35.5. The van der Waals surface area contributed by atoms with Crippen molar-refractivity contribution in [3.05, 3.63) is 0 Å². The van der Waals surface area contributed by atoms with Crippen LogP contribution >= 0.6 is 12.4 Å². The van der Waals surface area contributed by atoms with E-state index in [2.05, 4.69) is 15.1 Å². The highest BCUT2D eigenvalue weighted by Gasteiger charge is 2.27. The van der Waals surface area contributed by atoms with Crippen molar-refractivity contribution in [2.75, 3.05) is 45.8 Å². The van der Waals surface area contributed by atoms with E-state index in [1.165, 1.54) is 84.3 Å². The molecule has 0 aromatic carbocycles. The van der Waals surface area contributed by atoms with Crippen LogP contribution < -0.4 is 5.32 Å². The second kappa shape index (κ2) is 7.82. The fourth-order valence-corrected chi connectivity index (χ4v) is 4.01. The van der Waals surface area contributed by atoms with Crippen LogP contribution in [0.2, 0.25) is 0 Å². The van der Waals surface area contributed by atoms with Gasteiger partial charge in [0, 0.05) is 38.8 Å². The number of halogens is 1. The smallest absolute Gasteiger partial charge is 0.0113 e. The molecule has 0 atom stereocenters. The fourth-order valence-electron chi connectivity index (χ4n) is 4.01. The lowest BCUT2D eigenvalue weighted by molar-refractivity contribution is 0.0835. The number of hydrogen-bond acceptors (Lipinski definition) is 3. The molecule has 0 radical (unpaired) electrons. The predicted octanol–water partition coefficient (Wildman–Crippen LogP) is 1.97. The average Bonchev–Trinajstić information content (AvgIpc) is 2.95. The van der Waals surface area contributed by atoms with Crippen molar-refractivity contribution in [1.82, 2.24) is 15.1 Å². The van der Waals surface area contributed by atoms with Gasteiger partial charge in [0.2, 0.25) is 0 Å². The number of piperazine rings is 1. The van der Waals surface area contributed by atoms with Crippen molar-refractivity contribution >= 4 is 12.4 Å². The van der Waals surface area contributed by atoms with Crippen molar-refractivity contribution in [3.63, 3.8) is 0 Å². The van der Waals surface area contributed by atoms with Gasteiger partial charge in [0.1, 0.15) is 0 Å². The number of piperidine rings is 1. The first-order chi connectivity index (χ1) is 8.92. The van der Waals surface area contributed by atoms with E-state index < -0.39 is 0 Å². The van der Waals surface area contributed by atoms with Crippen molar-refractivity contribution in [2.24, 2.45) is 5.92 Å². The Balaban J connectivity index is 0.00000133. The zero-order chi connectivity index (χ0) is 12.2. The summed E-state index contributed by atoms with van der Waals surface area (Å²) in [4.78, 5) is 5.49. The lowest BCUT2D eigenvalue weighted by Gasteiger charge is -2.39. The van der Waals surface area contributed by atoms with Crippen LogP contribution in [0.3, 0.4) is 0 Å². The summed E-state index contributed by atoms with van der Waals surface area (Å²) in [6.45, 7) is 9.14. The van der Waals surface area contributed by atoms with E-state index in [1.54, 1.807) is 0 Å². The molecule has 0 aromatic rings. The molecule has 2 aliphatic heterocycles. The average molecular weight is 288 g/mol. The monoisotopic (exact) mass is 287 g/mol. The van der Waals surface area contributed by atoms with Crippen molar-refractivity contribution in [1.29, 1.82) is 0 Å². The molecular weight excluding hydrogens is 258 g/mol. The molecule has 19 heavy (non-hydrogen) atoms. The summed E-state index contributed by atoms with van der Waals surface area (Å²) >= 11 is 0. The van der Waals surface area contributed by atoms with Crippen molar-refractivity contribution in [3.8, 4) is 0 Å².